The van der Waals surface area contributed by atoms with E-state index < -0.39 is 15.6 Å². The smallest absolute Gasteiger partial charge is 0.255 e. The van der Waals surface area contributed by atoms with Crippen molar-refractivity contribution < 1.29 is 67.4 Å². The Morgan fingerprint density at radius 2 is 0.511 bits per heavy atom. The Balaban J connectivity index is 0.000000326. The third-order valence-corrected chi connectivity index (χ3v) is 4.20. The van der Waals surface area contributed by atoms with Gasteiger partial charge in [0.25, 0.3) is 0 Å². The number of halogens is 12. The van der Waals surface area contributed by atoms with Crippen LogP contribution >= 0.6 is 15.6 Å². The van der Waals surface area contributed by atoms with Crippen LogP contribution in [-0.4, -0.2) is 24.9 Å². The largest absolute Gasteiger partial charge is 2.00 e. The summed E-state index contributed by atoms with van der Waals surface area (Å²) in [6.07, 6.45) is 7.07. The molecule has 5 aromatic heterocycles. The molecule has 0 bridgehead atoms. The first-order valence-electron chi connectivity index (χ1n) is 11.6. The van der Waals surface area contributed by atoms with Crippen LogP contribution in [-0.2, 0) is 17.1 Å². The summed E-state index contributed by atoms with van der Waals surface area (Å²) >= 11 is 0. The Bertz CT molecular complexity index is 1480. The average molecular weight is 743 g/mol. The molecule has 0 amide bonds. The number of aromatic nitrogens is 5. The predicted molar refractivity (Wildman–Crippen MR) is 145 cm³/mol. The summed E-state index contributed by atoms with van der Waals surface area (Å²) in [6, 6.07) is 29.1. The molecule has 0 aromatic carbocycles. The van der Waals surface area contributed by atoms with Crippen molar-refractivity contribution in [2.75, 3.05) is 0 Å². The predicted octanol–water partition coefficient (Wildman–Crippen LogP) is 12.1. The molecule has 0 spiro atoms. The van der Waals surface area contributed by atoms with Gasteiger partial charge in [-0.25, -0.2) is 4.98 Å². The van der Waals surface area contributed by atoms with E-state index in [0.717, 1.165) is 34.2 Å². The van der Waals surface area contributed by atoms with E-state index in [1.54, 1.807) is 24.8 Å². The molecule has 0 aliphatic rings. The van der Waals surface area contributed by atoms with Gasteiger partial charge in [0.05, 0.1) is 34.2 Å². The number of pyridine rings is 5. The summed E-state index contributed by atoms with van der Waals surface area (Å²) in [6.45, 7) is 0. The minimum absolute atomic E-state index is 0. The second-order valence-corrected chi connectivity index (χ2v) is 12.0. The Hall–Kier alpha value is -3.71. The van der Waals surface area contributed by atoms with Gasteiger partial charge >= 0.3 is 83.0 Å². The SMILES string of the molecule is F[P-](F)(F)(F)(F)F.F[P-](F)(F)(F)(F)F.[Cu+2].c1ccc(-c2cccc(-c3ccccn3)n2)nc1.c1ccc(-c2ccccn2)nc1. The summed E-state index contributed by atoms with van der Waals surface area (Å²) in [5.41, 5.74) is 5.29. The summed E-state index contributed by atoms with van der Waals surface area (Å²) < 4.78 is 118. The van der Waals surface area contributed by atoms with Crippen LogP contribution in [0.15, 0.2) is 116 Å². The molecule has 0 saturated carbocycles. The van der Waals surface area contributed by atoms with E-state index in [1.165, 1.54) is 0 Å². The fourth-order valence-corrected chi connectivity index (χ4v) is 2.78. The van der Waals surface area contributed by atoms with Gasteiger partial charge in [-0.2, -0.15) is 0 Å². The van der Waals surface area contributed by atoms with Gasteiger partial charge in [0, 0.05) is 24.8 Å². The number of nitrogens with zero attached hydrogens (tertiary/aromatic N) is 5. The quantitative estimate of drug-likeness (QED) is 0.105. The zero-order chi connectivity index (χ0) is 33.3. The van der Waals surface area contributed by atoms with Gasteiger partial charge in [-0.05, 0) is 60.7 Å². The zero-order valence-corrected chi connectivity index (χ0v) is 24.7. The van der Waals surface area contributed by atoms with Crippen molar-refractivity contribution in [1.29, 1.82) is 0 Å². The Morgan fingerprint density at radius 1 is 0.311 bits per heavy atom. The van der Waals surface area contributed by atoms with E-state index in [9.17, 15) is 50.4 Å². The van der Waals surface area contributed by atoms with Gasteiger partial charge in [-0.15, -0.1) is 0 Å². The van der Waals surface area contributed by atoms with Crippen molar-refractivity contribution in [1.82, 2.24) is 24.9 Å². The summed E-state index contributed by atoms with van der Waals surface area (Å²) in [5, 5.41) is 0. The standard InChI is InChI=1S/C15H11N3.C10H8N2.Cu.2F6P/c1-3-10-16-12(6-1)14-8-5-9-15(18-14)13-7-2-4-11-17-13;1-3-7-11-9(5-1)10-6-2-4-8-12-10;;2*1-7(2,3,4,5)6/h1-11H;1-8H;;;/q;;+2;2*-1. The molecule has 0 unspecified atom stereocenters. The second-order valence-electron chi connectivity index (χ2n) is 8.18. The van der Waals surface area contributed by atoms with E-state index in [1.807, 2.05) is 91.0 Å². The van der Waals surface area contributed by atoms with E-state index in [4.69, 9.17) is 0 Å². The van der Waals surface area contributed by atoms with Crippen LogP contribution in [0.25, 0.3) is 34.2 Å². The van der Waals surface area contributed by atoms with E-state index in [2.05, 4.69) is 24.9 Å². The first-order chi connectivity index (χ1) is 19.8. The normalized spacial score (nSPS) is 13.9. The van der Waals surface area contributed by atoms with Gasteiger partial charge in [-0.1, -0.05) is 30.3 Å². The third-order valence-electron chi connectivity index (χ3n) is 4.20. The molecule has 0 atom stereocenters. The average Bonchev–Trinajstić information content (AvgIpc) is 2.92. The van der Waals surface area contributed by atoms with Crippen LogP contribution in [0.3, 0.4) is 0 Å². The van der Waals surface area contributed by atoms with Crippen molar-refractivity contribution >= 4 is 15.6 Å². The molecular weight excluding hydrogens is 724 g/mol. The van der Waals surface area contributed by atoms with Crippen molar-refractivity contribution in [3.8, 4) is 34.2 Å². The maximum atomic E-state index is 9.87. The maximum absolute atomic E-state index is 10.7. The van der Waals surface area contributed by atoms with Gasteiger partial charge < -0.3 is 0 Å². The monoisotopic (exact) mass is 742 g/mol. The fraction of sp³-hybridized carbons (Fsp3) is 0. The number of hydrogen-bond donors (Lipinski definition) is 0. The second kappa shape index (κ2) is 13.3. The summed E-state index contributed by atoms with van der Waals surface area (Å²) in [5.74, 6) is 0. The molecule has 0 N–H and O–H groups in total. The molecule has 0 fully saturated rings. The molecule has 0 aliphatic carbocycles. The first-order valence-corrected chi connectivity index (χ1v) is 15.6. The Kier molecular flexibility index (Phi) is 11.7. The van der Waals surface area contributed by atoms with Crippen molar-refractivity contribution in [3.05, 3.63) is 116 Å². The van der Waals surface area contributed by atoms with Crippen molar-refractivity contribution in [2.45, 2.75) is 0 Å². The van der Waals surface area contributed by atoms with Crippen LogP contribution in [0.5, 0.6) is 0 Å². The van der Waals surface area contributed by atoms with E-state index in [-0.39, 0.29) is 17.1 Å². The molecule has 249 valence electrons. The van der Waals surface area contributed by atoms with Gasteiger partial charge in [-0.3, -0.25) is 19.9 Å². The van der Waals surface area contributed by atoms with Gasteiger partial charge in [0.15, 0.2) is 0 Å². The molecule has 5 nitrogen and oxygen atoms in total. The van der Waals surface area contributed by atoms with Crippen LogP contribution in [0, 0.1) is 0 Å². The maximum Gasteiger partial charge on any atom is 2.00 e. The van der Waals surface area contributed by atoms with Gasteiger partial charge in [0.1, 0.15) is 0 Å². The first kappa shape index (κ1) is 39.3. The van der Waals surface area contributed by atoms with Crippen molar-refractivity contribution in [3.63, 3.8) is 0 Å². The van der Waals surface area contributed by atoms with Crippen molar-refractivity contribution in [2.24, 2.45) is 0 Å². The minimum atomic E-state index is -10.7. The van der Waals surface area contributed by atoms with Gasteiger partial charge in [0.2, 0.25) is 0 Å². The van der Waals surface area contributed by atoms with E-state index >= 15 is 0 Å². The summed E-state index contributed by atoms with van der Waals surface area (Å²) in [4.78, 5) is 21.6. The minimum Gasteiger partial charge on any atom is -0.255 e. The number of rotatable bonds is 3. The molecular formula is C25H19CuF12N5P2. The molecule has 5 heterocycles. The molecule has 5 aromatic rings. The van der Waals surface area contributed by atoms with Crippen LogP contribution in [0.4, 0.5) is 50.4 Å². The Morgan fingerprint density at radius 3 is 0.711 bits per heavy atom. The molecule has 20 heteroatoms. The van der Waals surface area contributed by atoms with Crippen LogP contribution in [0.2, 0.25) is 0 Å². The molecule has 0 saturated heterocycles. The topological polar surface area (TPSA) is 64.5 Å². The van der Waals surface area contributed by atoms with Crippen LogP contribution < -0.4 is 0 Å². The number of hydrogen-bond acceptors (Lipinski definition) is 5. The molecule has 5 rings (SSSR count). The van der Waals surface area contributed by atoms with Crippen LogP contribution in [0.1, 0.15) is 0 Å². The zero-order valence-electron chi connectivity index (χ0n) is 21.9. The molecule has 45 heavy (non-hydrogen) atoms. The molecule has 1 radical (unpaired) electrons. The fourth-order valence-electron chi connectivity index (χ4n) is 2.78. The molecule has 0 aliphatic heterocycles. The third kappa shape index (κ3) is 23.4. The summed E-state index contributed by atoms with van der Waals surface area (Å²) in [7, 11) is -21.3. The van der Waals surface area contributed by atoms with E-state index in [0.29, 0.717) is 0 Å². The Labute approximate surface area is 257 Å².